The zero-order chi connectivity index (χ0) is 9.84. The Labute approximate surface area is 78.8 Å². The number of likely N-dealkylation sites (N-methyl/N-ethyl adjacent to an activating group) is 1. The van der Waals surface area contributed by atoms with E-state index < -0.39 is 6.10 Å². The molecule has 1 unspecified atom stereocenters. The quantitative estimate of drug-likeness (QED) is 0.542. The third-order valence-electron chi connectivity index (χ3n) is 1.83. The molecular weight excluding hydrogens is 165 g/mol. The molecule has 0 spiro atoms. The summed E-state index contributed by atoms with van der Waals surface area (Å²) in [6.45, 7) is 0.463. The molecule has 1 atom stereocenters. The average Bonchev–Trinajstić information content (AvgIpc) is 2.10. The molecule has 1 aromatic rings. The first-order valence-electron chi connectivity index (χ1n) is 4.06. The molecule has 0 bridgehead atoms. The van der Waals surface area contributed by atoms with Gasteiger partial charge in [0.25, 0.3) is 0 Å². The fraction of sp³-hybridized carbons (Fsp3) is 0.333. The zero-order valence-corrected chi connectivity index (χ0v) is 7.49. The molecule has 0 aliphatic carbocycles. The Balaban J connectivity index is 2.84. The second-order valence-corrected chi connectivity index (χ2v) is 2.89. The molecule has 0 amide bonds. The fourth-order valence-corrected chi connectivity index (χ4v) is 1.09. The monoisotopic (exact) mass is 177 g/mol. The van der Waals surface area contributed by atoms with Crippen molar-refractivity contribution in [2.45, 2.75) is 6.10 Å². The lowest BCUT2D eigenvalue weighted by atomic mass is 9.92. The van der Waals surface area contributed by atoms with Crippen LogP contribution in [-0.4, -0.2) is 31.7 Å². The molecule has 0 fully saturated rings. The molecule has 4 heteroatoms. The number of hydrogen-bond donors (Lipinski definition) is 3. The predicted octanol–water partition coefficient (Wildman–Crippen LogP) is -0.561. The molecule has 1 rings (SSSR count). The molecular formula is C9H12BNO2. The summed E-state index contributed by atoms with van der Waals surface area (Å²) in [5.41, 5.74) is 0.984. The molecule has 2 radical (unpaired) electrons. The van der Waals surface area contributed by atoms with Crippen molar-refractivity contribution in [3.8, 4) is 5.75 Å². The van der Waals surface area contributed by atoms with Crippen molar-refractivity contribution in [1.82, 2.24) is 5.32 Å². The number of aromatic hydroxyl groups is 1. The lowest BCUT2D eigenvalue weighted by molar-refractivity contribution is 0.178. The highest BCUT2D eigenvalue weighted by Gasteiger charge is 2.06. The van der Waals surface area contributed by atoms with E-state index in [1.165, 1.54) is 6.07 Å². The van der Waals surface area contributed by atoms with E-state index in [1.807, 2.05) is 0 Å². The molecule has 0 aromatic heterocycles. The van der Waals surface area contributed by atoms with Gasteiger partial charge in [0, 0.05) is 6.54 Å². The van der Waals surface area contributed by atoms with Gasteiger partial charge in [0.1, 0.15) is 13.6 Å². The normalized spacial score (nSPS) is 12.8. The first-order valence-corrected chi connectivity index (χ1v) is 4.06. The summed E-state index contributed by atoms with van der Waals surface area (Å²) in [4.78, 5) is 0. The van der Waals surface area contributed by atoms with E-state index in [2.05, 4.69) is 5.32 Å². The minimum atomic E-state index is -0.590. The molecule has 68 valence electrons. The molecule has 0 saturated heterocycles. The van der Waals surface area contributed by atoms with Crippen LogP contribution in [0, 0.1) is 0 Å². The van der Waals surface area contributed by atoms with Crippen molar-refractivity contribution in [1.29, 1.82) is 0 Å². The third-order valence-corrected chi connectivity index (χ3v) is 1.83. The summed E-state index contributed by atoms with van der Waals surface area (Å²) in [5, 5.41) is 21.5. The first kappa shape index (κ1) is 10.1. The zero-order valence-electron chi connectivity index (χ0n) is 7.49. The average molecular weight is 177 g/mol. The number of aliphatic hydroxyl groups is 1. The van der Waals surface area contributed by atoms with E-state index in [-0.39, 0.29) is 11.2 Å². The Morgan fingerprint density at radius 3 is 2.77 bits per heavy atom. The van der Waals surface area contributed by atoms with E-state index in [1.54, 1.807) is 19.2 Å². The minimum absolute atomic E-state index is 0.0420. The molecule has 0 heterocycles. The van der Waals surface area contributed by atoms with Gasteiger partial charge in [-0.25, -0.2) is 0 Å². The highest BCUT2D eigenvalue weighted by atomic mass is 16.3. The summed E-state index contributed by atoms with van der Waals surface area (Å²) in [6.07, 6.45) is -0.590. The molecule has 3 N–H and O–H groups in total. The van der Waals surface area contributed by atoms with Crippen LogP contribution in [0.5, 0.6) is 5.75 Å². The molecule has 13 heavy (non-hydrogen) atoms. The number of rotatable bonds is 3. The van der Waals surface area contributed by atoms with Crippen molar-refractivity contribution in [3.63, 3.8) is 0 Å². The van der Waals surface area contributed by atoms with Crippen molar-refractivity contribution in [2.24, 2.45) is 0 Å². The van der Waals surface area contributed by atoms with Crippen LogP contribution in [0.3, 0.4) is 0 Å². The Kier molecular flexibility index (Phi) is 3.34. The Morgan fingerprint density at radius 2 is 2.23 bits per heavy atom. The lowest BCUT2D eigenvalue weighted by Gasteiger charge is -2.11. The molecule has 0 saturated carbocycles. The first-order chi connectivity index (χ1) is 6.15. The summed E-state index contributed by atoms with van der Waals surface area (Å²) >= 11 is 0. The van der Waals surface area contributed by atoms with Gasteiger partial charge < -0.3 is 15.5 Å². The van der Waals surface area contributed by atoms with Gasteiger partial charge in [-0.3, -0.25) is 0 Å². The van der Waals surface area contributed by atoms with Crippen LogP contribution in [0.4, 0.5) is 0 Å². The van der Waals surface area contributed by atoms with E-state index in [9.17, 15) is 5.11 Å². The summed E-state index contributed by atoms with van der Waals surface area (Å²) in [6, 6.07) is 4.69. The predicted molar refractivity (Wildman–Crippen MR) is 52.4 cm³/mol. The van der Waals surface area contributed by atoms with E-state index in [4.69, 9.17) is 13.0 Å². The van der Waals surface area contributed by atoms with E-state index >= 15 is 0 Å². The van der Waals surface area contributed by atoms with E-state index in [0.717, 1.165) is 0 Å². The van der Waals surface area contributed by atoms with Gasteiger partial charge in [0.05, 0.1) is 6.10 Å². The maximum atomic E-state index is 9.54. The number of benzene rings is 1. The number of hydrogen-bond acceptors (Lipinski definition) is 3. The van der Waals surface area contributed by atoms with Crippen LogP contribution in [0.15, 0.2) is 18.2 Å². The summed E-state index contributed by atoms with van der Waals surface area (Å²) in [5.74, 6) is 0.0420. The van der Waals surface area contributed by atoms with Gasteiger partial charge in [-0.05, 0) is 18.7 Å². The van der Waals surface area contributed by atoms with Crippen LogP contribution in [0.2, 0.25) is 0 Å². The second-order valence-electron chi connectivity index (χ2n) is 2.89. The van der Waals surface area contributed by atoms with Crippen LogP contribution in [0.25, 0.3) is 0 Å². The minimum Gasteiger partial charge on any atom is -0.509 e. The van der Waals surface area contributed by atoms with Crippen LogP contribution in [0.1, 0.15) is 11.7 Å². The standard InChI is InChI=1S/C9H12BNO2/c1-11-5-9(13)6-2-3-8(12)7(10)4-6/h2-4,9,11-13H,5H2,1H3. The lowest BCUT2D eigenvalue weighted by Crippen LogP contribution is -2.18. The van der Waals surface area contributed by atoms with Gasteiger partial charge in [-0.2, -0.15) is 0 Å². The maximum absolute atomic E-state index is 9.54. The Hall–Kier alpha value is -0.995. The van der Waals surface area contributed by atoms with Crippen molar-refractivity contribution >= 4 is 13.3 Å². The molecule has 0 aliphatic heterocycles. The van der Waals surface area contributed by atoms with Gasteiger partial charge in [0.15, 0.2) is 0 Å². The van der Waals surface area contributed by atoms with Crippen molar-refractivity contribution < 1.29 is 10.2 Å². The molecule has 3 nitrogen and oxygen atoms in total. The third kappa shape index (κ3) is 2.47. The number of nitrogens with one attached hydrogen (secondary N) is 1. The van der Waals surface area contributed by atoms with Crippen molar-refractivity contribution in [3.05, 3.63) is 23.8 Å². The SMILES string of the molecule is [B]c1cc(C(O)CNC)ccc1O. The second kappa shape index (κ2) is 4.30. The van der Waals surface area contributed by atoms with Gasteiger partial charge in [-0.1, -0.05) is 17.6 Å². The van der Waals surface area contributed by atoms with Gasteiger partial charge >= 0.3 is 0 Å². The topological polar surface area (TPSA) is 52.5 Å². The number of aliphatic hydroxyl groups excluding tert-OH is 1. The van der Waals surface area contributed by atoms with Gasteiger partial charge in [0.2, 0.25) is 0 Å². The summed E-state index contributed by atoms with van der Waals surface area (Å²) in [7, 11) is 7.23. The maximum Gasteiger partial charge on any atom is 0.119 e. The number of phenolic OH excluding ortho intramolecular Hbond substituents is 1. The van der Waals surface area contributed by atoms with Crippen molar-refractivity contribution in [2.75, 3.05) is 13.6 Å². The van der Waals surface area contributed by atoms with Crippen LogP contribution < -0.4 is 10.8 Å². The summed E-state index contributed by atoms with van der Waals surface area (Å²) < 4.78 is 0. The number of phenols is 1. The van der Waals surface area contributed by atoms with Crippen LogP contribution >= 0.6 is 0 Å². The highest BCUT2D eigenvalue weighted by molar-refractivity contribution is 6.34. The Bertz CT molecular complexity index is 291. The molecule has 0 aliphatic rings. The Morgan fingerprint density at radius 1 is 1.54 bits per heavy atom. The molecule has 1 aromatic carbocycles. The fourth-order valence-electron chi connectivity index (χ4n) is 1.09. The van der Waals surface area contributed by atoms with Crippen LogP contribution in [-0.2, 0) is 0 Å². The smallest absolute Gasteiger partial charge is 0.119 e. The largest absolute Gasteiger partial charge is 0.509 e. The van der Waals surface area contributed by atoms with Gasteiger partial charge in [-0.15, -0.1) is 0 Å². The van der Waals surface area contributed by atoms with E-state index in [0.29, 0.717) is 12.1 Å². The highest BCUT2D eigenvalue weighted by Crippen LogP contribution is 2.13.